The molecular formula is C11H13ClN2O2. The van der Waals surface area contributed by atoms with Crippen LogP contribution in [0, 0.1) is 0 Å². The van der Waals surface area contributed by atoms with Gasteiger partial charge in [-0.2, -0.15) is 0 Å². The van der Waals surface area contributed by atoms with E-state index in [2.05, 4.69) is 17.2 Å². The molecule has 0 saturated heterocycles. The SMILES string of the molecule is CNC(C)Cc1coc(-c2ccc(Cl)o2)n1. The molecule has 0 aliphatic carbocycles. The summed E-state index contributed by atoms with van der Waals surface area (Å²) >= 11 is 5.68. The molecule has 0 amide bonds. The second-order valence-electron chi connectivity index (χ2n) is 3.64. The van der Waals surface area contributed by atoms with Crippen molar-refractivity contribution < 1.29 is 8.83 Å². The fourth-order valence-corrected chi connectivity index (χ4v) is 1.51. The monoisotopic (exact) mass is 240 g/mol. The van der Waals surface area contributed by atoms with Gasteiger partial charge in [-0.25, -0.2) is 4.98 Å². The summed E-state index contributed by atoms with van der Waals surface area (Å²) in [6.07, 6.45) is 2.45. The normalized spacial score (nSPS) is 12.9. The van der Waals surface area contributed by atoms with Gasteiger partial charge in [-0.05, 0) is 37.7 Å². The van der Waals surface area contributed by atoms with Gasteiger partial charge < -0.3 is 14.2 Å². The topological polar surface area (TPSA) is 51.2 Å². The van der Waals surface area contributed by atoms with E-state index in [0.29, 0.717) is 22.9 Å². The van der Waals surface area contributed by atoms with Gasteiger partial charge in [0.2, 0.25) is 0 Å². The molecule has 0 fully saturated rings. The largest absolute Gasteiger partial charge is 0.442 e. The van der Waals surface area contributed by atoms with Gasteiger partial charge >= 0.3 is 0 Å². The first kappa shape index (κ1) is 11.2. The first-order valence-electron chi connectivity index (χ1n) is 5.06. The molecule has 4 nitrogen and oxygen atoms in total. The fourth-order valence-electron chi connectivity index (χ4n) is 1.36. The van der Waals surface area contributed by atoms with Crippen molar-refractivity contribution in [1.29, 1.82) is 0 Å². The number of nitrogens with zero attached hydrogens (tertiary/aromatic N) is 1. The third kappa shape index (κ3) is 2.46. The van der Waals surface area contributed by atoms with Gasteiger partial charge in [0.05, 0.1) is 5.69 Å². The van der Waals surface area contributed by atoms with Crippen molar-refractivity contribution in [3.05, 3.63) is 29.3 Å². The van der Waals surface area contributed by atoms with E-state index >= 15 is 0 Å². The number of halogens is 1. The molecule has 0 aromatic carbocycles. The highest BCUT2D eigenvalue weighted by atomic mass is 35.5. The van der Waals surface area contributed by atoms with Crippen LogP contribution in [0.5, 0.6) is 0 Å². The number of oxazole rings is 1. The van der Waals surface area contributed by atoms with E-state index in [4.69, 9.17) is 20.4 Å². The van der Waals surface area contributed by atoms with Crippen molar-refractivity contribution in [3.63, 3.8) is 0 Å². The minimum atomic E-state index is 0.332. The van der Waals surface area contributed by atoms with Crippen molar-refractivity contribution in [1.82, 2.24) is 10.3 Å². The van der Waals surface area contributed by atoms with Crippen molar-refractivity contribution in [2.75, 3.05) is 7.05 Å². The maximum absolute atomic E-state index is 5.68. The Balaban J connectivity index is 2.13. The van der Waals surface area contributed by atoms with Crippen LogP contribution in [0.1, 0.15) is 12.6 Å². The Morgan fingerprint density at radius 1 is 1.50 bits per heavy atom. The quantitative estimate of drug-likeness (QED) is 0.893. The van der Waals surface area contributed by atoms with Crippen LogP contribution >= 0.6 is 11.6 Å². The van der Waals surface area contributed by atoms with E-state index in [-0.39, 0.29) is 0 Å². The van der Waals surface area contributed by atoms with Crippen molar-refractivity contribution in [2.24, 2.45) is 0 Å². The molecule has 0 aliphatic heterocycles. The average molecular weight is 241 g/mol. The molecule has 2 aromatic rings. The zero-order valence-corrected chi connectivity index (χ0v) is 9.91. The van der Waals surface area contributed by atoms with Crippen molar-refractivity contribution in [2.45, 2.75) is 19.4 Å². The maximum atomic E-state index is 5.68. The van der Waals surface area contributed by atoms with Gasteiger partial charge in [0.15, 0.2) is 11.0 Å². The number of rotatable bonds is 4. The van der Waals surface area contributed by atoms with Crippen LogP contribution in [0.3, 0.4) is 0 Å². The molecule has 16 heavy (non-hydrogen) atoms. The van der Waals surface area contributed by atoms with E-state index in [1.807, 2.05) is 7.05 Å². The average Bonchev–Trinajstić information content (AvgIpc) is 2.87. The summed E-state index contributed by atoms with van der Waals surface area (Å²) in [5.74, 6) is 1.01. The standard InChI is InChI=1S/C11H13ClN2O2/c1-7(13-2)5-8-6-15-11(14-8)9-3-4-10(12)16-9/h3-4,6-7,13H,5H2,1-2H3. The lowest BCUT2D eigenvalue weighted by molar-refractivity contribution is 0.517. The molecule has 1 atom stereocenters. The number of hydrogen-bond acceptors (Lipinski definition) is 4. The second kappa shape index (κ2) is 4.72. The molecule has 0 saturated carbocycles. The van der Waals surface area contributed by atoms with Crippen LogP contribution in [0.25, 0.3) is 11.7 Å². The molecule has 0 spiro atoms. The molecule has 2 rings (SSSR count). The Bertz CT molecular complexity index is 464. The van der Waals surface area contributed by atoms with Gasteiger partial charge in [-0.3, -0.25) is 0 Å². The third-order valence-corrected chi connectivity index (χ3v) is 2.55. The highest BCUT2D eigenvalue weighted by Gasteiger charge is 2.11. The first-order valence-corrected chi connectivity index (χ1v) is 5.44. The molecule has 0 radical (unpaired) electrons. The van der Waals surface area contributed by atoms with Crippen molar-refractivity contribution in [3.8, 4) is 11.7 Å². The number of likely N-dealkylation sites (N-methyl/N-ethyl adjacent to an activating group) is 1. The first-order chi connectivity index (χ1) is 7.69. The molecule has 1 unspecified atom stereocenters. The summed E-state index contributed by atoms with van der Waals surface area (Å²) in [5, 5.41) is 3.47. The number of nitrogens with one attached hydrogen (secondary N) is 1. The zero-order valence-electron chi connectivity index (χ0n) is 9.16. The maximum Gasteiger partial charge on any atom is 0.263 e. The second-order valence-corrected chi connectivity index (χ2v) is 4.01. The zero-order chi connectivity index (χ0) is 11.5. The molecule has 0 aliphatic rings. The van der Waals surface area contributed by atoms with Crippen LogP contribution in [-0.4, -0.2) is 18.1 Å². The highest BCUT2D eigenvalue weighted by molar-refractivity contribution is 6.28. The number of furan rings is 1. The smallest absolute Gasteiger partial charge is 0.263 e. The summed E-state index contributed by atoms with van der Waals surface area (Å²) < 4.78 is 10.5. The Kier molecular flexibility index (Phi) is 3.31. The van der Waals surface area contributed by atoms with Gasteiger partial charge in [-0.15, -0.1) is 0 Å². The van der Waals surface area contributed by atoms with Gasteiger partial charge in [0, 0.05) is 12.5 Å². The summed E-state index contributed by atoms with van der Waals surface area (Å²) in [5.41, 5.74) is 0.893. The minimum absolute atomic E-state index is 0.332. The van der Waals surface area contributed by atoms with E-state index in [1.165, 1.54) is 0 Å². The third-order valence-electron chi connectivity index (χ3n) is 2.34. The minimum Gasteiger partial charge on any atom is -0.442 e. The lowest BCUT2D eigenvalue weighted by Gasteiger charge is -2.05. The lowest BCUT2D eigenvalue weighted by Crippen LogP contribution is -2.23. The van der Waals surface area contributed by atoms with Crippen LogP contribution in [0.4, 0.5) is 0 Å². The van der Waals surface area contributed by atoms with E-state index in [0.717, 1.165) is 12.1 Å². The molecule has 2 heterocycles. The fraction of sp³-hybridized carbons (Fsp3) is 0.364. The predicted octanol–water partition coefficient (Wildman–Crippen LogP) is 2.74. The molecule has 1 N–H and O–H groups in total. The van der Waals surface area contributed by atoms with Crippen LogP contribution in [0.15, 0.2) is 27.2 Å². The molecule has 0 bridgehead atoms. The molecule has 86 valence electrons. The summed E-state index contributed by atoms with van der Waals surface area (Å²) in [7, 11) is 1.91. The predicted molar refractivity (Wildman–Crippen MR) is 61.4 cm³/mol. The van der Waals surface area contributed by atoms with Gasteiger partial charge in [0.25, 0.3) is 5.89 Å². The summed E-state index contributed by atoms with van der Waals surface area (Å²) in [4.78, 5) is 4.32. The van der Waals surface area contributed by atoms with Gasteiger partial charge in [-0.1, -0.05) is 0 Å². The highest BCUT2D eigenvalue weighted by Crippen LogP contribution is 2.24. The lowest BCUT2D eigenvalue weighted by atomic mass is 10.2. The van der Waals surface area contributed by atoms with Crippen LogP contribution in [0.2, 0.25) is 5.22 Å². The number of hydrogen-bond donors (Lipinski definition) is 1. The van der Waals surface area contributed by atoms with E-state index in [1.54, 1.807) is 18.4 Å². The Morgan fingerprint density at radius 3 is 2.94 bits per heavy atom. The van der Waals surface area contributed by atoms with Crippen LogP contribution in [-0.2, 0) is 6.42 Å². The summed E-state index contributed by atoms with van der Waals surface area (Å²) in [6.45, 7) is 2.08. The van der Waals surface area contributed by atoms with Gasteiger partial charge in [0.1, 0.15) is 6.26 Å². The summed E-state index contributed by atoms with van der Waals surface area (Å²) in [6, 6.07) is 3.76. The number of aromatic nitrogens is 1. The van der Waals surface area contributed by atoms with Crippen LogP contribution < -0.4 is 5.32 Å². The Morgan fingerprint density at radius 2 is 2.31 bits per heavy atom. The van der Waals surface area contributed by atoms with Crippen molar-refractivity contribution >= 4 is 11.6 Å². The van der Waals surface area contributed by atoms with E-state index in [9.17, 15) is 0 Å². The molecular weight excluding hydrogens is 228 g/mol. The molecule has 5 heteroatoms. The Hall–Kier alpha value is -1.26. The Labute approximate surface area is 98.6 Å². The van der Waals surface area contributed by atoms with E-state index < -0.39 is 0 Å². The molecule has 2 aromatic heterocycles.